The van der Waals surface area contributed by atoms with E-state index in [1.165, 1.54) is 51.0 Å². The van der Waals surface area contributed by atoms with Gasteiger partial charge in [-0.3, -0.25) is 4.90 Å². The van der Waals surface area contributed by atoms with E-state index < -0.39 is 0 Å². The van der Waals surface area contributed by atoms with Crippen molar-refractivity contribution in [1.82, 2.24) is 14.7 Å². The summed E-state index contributed by atoms with van der Waals surface area (Å²) in [5.41, 5.74) is 1.32. The Balaban J connectivity index is 1.21. The Morgan fingerprint density at radius 3 is 2.58 bits per heavy atom. The SMILES string of the molecule is CN1CCCC1CCN1CCN(Cc2ccc3c(c2)OCO3)CC1. The molecule has 24 heavy (non-hydrogen) atoms. The Morgan fingerprint density at radius 2 is 1.79 bits per heavy atom. The molecule has 0 aliphatic carbocycles. The van der Waals surface area contributed by atoms with Gasteiger partial charge in [-0.25, -0.2) is 0 Å². The Hall–Kier alpha value is -1.30. The van der Waals surface area contributed by atoms with Crippen molar-refractivity contribution in [2.24, 2.45) is 0 Å². The van der Waals surface area contributed by atoms with Crippen molar-refractivity contribution in [2.75, 3.05) is 53.1 Å². The zero-order chi connectivity index (χ0) is 16.4. The van der Waals surface area contributed by atoms with Crippen molar-refractivity contribution in [2.45, 2.75) is 31.8 Å². The summed E-state index contributed by atoms with van der Waals surface area (Å²) in [6.07, 6.45) is 4.10. The molecule has 0 amide bonds. The number of hydrogen-bond donors (Lipinski definition) is 0. The fourth-order valence-electron chi connectivity index (χ4n) is 4.14. The second-order valence-electron chi connectivity index (χ2n) is 7.37. The maximum atomic E-state index is 5.48. The second-order valence-corrected chi connectivity index (χ2v) is 7.37. The van der Waals surface area contributed by atoms with Crippen LogP contribution >= 0.6 is 0 Å². The predicted octanol–water partition coefficient (Wildman–Crippen LogP) is 2.02. The van der Waals surface area contributed by atoms with Crippen LogP contribution in [-0.4, -0.2) is 73.9 Å². The fourth-order valence-corrected chi connectivity index (χ4v) is 4.14. The molecule has 1 aromatic rings. The highest BCUT2D eigenvalue weighted by Crippen LogP contribution is 2.32. The van der Waals surface area contributed by atoms with Gasteiger partial charge < -0.3 is 19.3 Å². The van der Waals surface area contributed by atoms with E-state index in [0.717, 1.165) is 37.2 Å². The van der Waals surface area contributed by atoms with Gasteiger partial charge in [0.2, 0.25) is 6.79 Å². The maximum Gasteiger partial charge on any atom is 0.231 e. The first-order valence-corrected chi connectivity index (χ1v) is 9.31. The molecule has 3 aliphatic heterocycles. The lowest BCUT2D eigenvalue weighted by molar-refractivity contribution is 0.118. The van der Waals surface area contributed by atoms with Crippen LogP contribution < -0.4 is 9.47 Å². The minimum atomic E-state index is 0.355. The van der Waals surface area contributed by atoms with Crippen LogP contribution in [-0.2, 0) is 6.54 Å². The summed E-state index contributed by atoms with van der Waals surface area (Å²) in [5.74, 6) is 1.77. The highest BCUT2D eigenvalue weighted by atomic mass is 16.7. The molecule has 0 spiro atoms. The molecular weight excluding hydrogens is 302 g/mol. The molecule has 2 fully saturated rings. The van der Waals surface area contributed by atoms with E-state index in [1.54, 1.807) is 0 Å². The molecule has 5 nitrogen and oxygen atoms in total. The number of fused-ring (bicyclic) bond motifs is 1. The van der Waals surface area contributed by atoms with Crippen molar-refractivity contribution in [3.05, 3.63) is 23.8 Å². The third kappa shape index (κ3) is 3.68. The average Bonchev–Trinajstić information content (AvgIpc) is 3.22. The quantitative estimate of drug-likeness (QED) is 0.823. The van der Waals surface area contributed by atoms with Gasteiger partial charge in [0.1, 0.15) is 0 Å². The summed E-state index contributed by atoms with van der Waals surface area (Å²) in [5, 5.41) is 0. The summed E-state index contributed by atoms with van der Waals surface area (Å²) in [6, 6.07) is 7.14. The lowest BCUT2D eigenvalue weighted by Crippen LogP contribution is -2.46. The summed E-state index contributed by atoms with van der Waals surface area (Å²) in [7, 11) is 2.28. The van der Waals surface area contributed by atoms with Gasteiger partial charge in [-0.1, -0.05) is 6.07 Å². The number of nitrogens with zero attached hydrogens (tertiary/aromatic N) is 3. The third-order valence-corrected chi connectivity index (χ3v) is 5.76. The van der Waals surface area contributed by atoms with Crippen molar-refractivity contribution in [1.29, 1.82) is 0 Å². The van der Waals surface area contributed by atoms with Gasteiger partial charge >= 0.3 is 0 Å². The van der Waals surface area contributed by atoms with Crippen LogP contribution in [0, 0.1) is 0 Å². The molecule has 0 aromatic heterocycles. The molecule has 4 rings (SSSR count). The topological polar surface area (TPSA) is 28.2 Å². The minimum absolute atomic E-state index is 0.355. The van der Waals surface area contributed by atoms with Crippen LogP contribution in [0.3, 0.4) is 0 Å². The van der Waals surface area contributed by atoms with E-state index in [9.17, 15) is 0 Å². The van der Waals surface area contributed by atoms with E-state index in [1.807, 2.05) is 6.07 Å². The Morgan fingerprint density at radius 1 is 1.00 bits per heavy atom. The molecule has 1 atom stereocenters. The molecule has 1 aromatic carbocycles. The van der Waals surface area contributed by atoms with Gasteiger partial charge in [0.05, 0.1) is 0 Å². The Labute approximate surface area is 145 Å². The van der Waals surface area contributed by atoms with E-state index in [4.69, 9.17) is 9.47 Å². The van der Waals surface area contributed by atoms with E-state index in [-0.39, 0.29) is 0 Å². The largest absolute Gasteiger partial charge is 0.454 e. The smallest absolute Gasteiger partial charge is 0.231 e. The van der Waals surface area contributed by atoms with Gasteiger partial charge in [-0.2, -0.15) is 0 Å². The Kier molecular flexibility index (Phi) is 4.92. The van der Waals surface area contributed by atoms with Gasteiger partial charge in [0, 0.05) is 38.8 Å². The van der Waals surface area contributed by atoms with Crippen LogP contribution in [0.2, 0.25) is 0 Å². The van der Waals surface area contributed by atoms with E-state index >= 15 is 0 Å². The molecule has 3 aliphatic rings. The molecule has 0 N–H and O–H groups in total. The lowest BCUT2D eigenvalue weighted by atomic mass is 10.1. The first-order chi connectivity index (χ1) is 11.8. The molecule has 0 saturated carbocycles. The highest BCUT2D eigenvalue weighted by molar-refractivity contribution is 5.44. The lowest BCUT2D eigenvalue weighted by Gasteiger charge is -2.35. The van der Waals surface area contributed by atoms with E-state index in [0.29, 0.717) is 6.79 Å². The summed E-state index contributed by atoms with van der Waals surface area (Å²) in [4.78, 5) is 7.73. The summed E-state index contributed by atoms with van der Waals surface area (Å²) >= 11 is 0. The van der Waals surface area contributed by atoms with Crippen molar-refractivity contribution >= 4 is 0 Å². The van der Waals surface area contributed by atoms with Crippen molar-refractivity contribution in [3.8, 4) is 11.5 Å². The van der Waals surface area contributed by atoms with Crippen molar-refractivity contribution < 1.29 is 9.47 Å². The number of rotatable bonds is 5. The molecule has 0 radical (unpaired) electrons. The number of hydrogen-bond acceptors (Lipinski definition) is 5. The molecule has 5 heteroatoms. The number of benzene rings is 1. The van der Waals surface area contributed by atoms with Crippen LogP contribution in [0.4, 0.5) is 0 Å². The molecular formula is C19H29N3O2. The van der Waals surface area contributed by atoms with Gasteiger partial charge in [-0.15, -0.1) is 0 Å². The van der Waals surface area contributed by atoms with Crippen molar-refractivity contribution in [3.63, 3.8) is 0 Å². The summed E-state index contributed by atoms with van der Waals surface area (Å²) in [6.45, 7) is 8.62. The molecule has 3 heterocycles. The maximum absolute atomic E-state index is 5.48. The van der Waals surface area contributed by atoms with Gasteiger partial charge in [0.15, 0.2) is 11.5 Å². The van der Waals surface area contributed by atoms with Crippen LogP contribution in [0.1, 0.15) is 24.8 Å². The Bertz CT molecular complexity index is 558. The molecule has 132 valence electrons. The zero-order valence-electron chi connectivity index (χ0n) is 14.7. The summed E-state index contributed by atoms with van der Waals surface area (Å²) < 4.78 is 10.9. The predicted molar refractivity (Wildman–Crippen MR) is 94.6 cm³/mol. The monoisotopic (exact) mass is 331 g/mol. The zero-order valence-corrected chi connectivity index (χ0v) is 14.7. The highest BCUT2D eigenvalue weighted by Gasteiger charge is 2.23. The van der Waals surface area contributed by atoms with Gasteiger partial charge in [0.25, 0.3) is 0 Å². The number of piperazine rings is 1. The van der Waals surface area contributed by atoms with Gasteiger partial charge in [-0.05, 0) is 57.1 Å². The average molecular weight is 331 g/mol. The number of likely N-dealkylation sites (tertiary alicyclic amines) is 1. The normalized spacial score (nSPS) is 25.5. The first-order valence-electron chi connectivity index (χ1n) is 9.31. The fraction of sp³-hybridized carbons (Fsp3) is 0.684. The minimum Gasteiger partial charge on any atom is -0.454 e. The number of ether oxygens (including phenoxy) is 2. The second kappa shape index (κ2) is 7.30. The molecule has 2 saturated heterocycles. The molecule has 0 bridgehead atoms. The van der Waals surface area contributed by atoms with Crippen LogP contribution in [0.15, 0.2) is 18.2 Å². The first kappa shape index (κ1) is 16.2. The standard InChI is InChI=1S/C19H29N3O2/c1-20-7-2-3-17(20)6-8-21-9-11-22(12-10-21)14-16-4-5-18-19(13-16)24-15-23-18/h4-5,13,17H,2-3,6-12,14-15H2,1H3. The van der Waals surface area contributed by atoms with E-state index in [2.05, 4.69) is 33.9 Å². The molecule has 1 unspecified atom stereocenters. The van der Waals surface area contributed by atoms with Crippen LogP contribution in [0.5, 0.6) is 11.5 Å². The van der Waals surface area contributed by atoms with Crippen LogP contribution in [0.25, 0.3) is 0 Å². The third-order valence-electron chi connectivity index (χ3n) is 5.76.